The number of Topliss-reactive ketones (excluding diaryl/α,β-unsaturated/α-hetero) is 1. The topological polar surface area (TPSA) is 75.4 Å². The second-order valence-electron chi connectivity index (χ2n) is 7.16. The second-order valence-corrected chi connectivity index (χ2v) is 7.16. The van der Waals surface area contributed by atoms with Crippen molar-refractivity contribution in [2.75, 3.05) is 6.61 Å². The number of alkyl halides is 2. The third-order valence-corrected chi connectivity index (χ3v) is 5.10. The highest BCUT2D eigenvalue weighted by atomic mass is 19.3. The average molecular weight is 431 g/mol. The molecule has 0 saturated carbocycles. The fourth-order valence-corrected chi connectivity index (χ4v) is 3.57. The lowest BCUT2D eigenvalue weighted by atomic mass is 10.1. The Hall–Kier alpha value is -3.49. The van der Waals surface area contributed by atoms with Crippen LogP contribution in [-0.4, -0.2) is 39.3 Å². The molecule has 0 radical (unpaired) electrons. The van der Waals surface area contributed by atoms with Crippen LogP contribution in [0.4, 0.5) is 8.78 Å². The Kier molecular flexibility index (Phi) is 6.24. The van der Waals surface area contributed by atoms with Gasteiger partial charge in [0.1, 0.15) is 11.3 Å². The molecule has 0 aliphatic rings. The number of carbonyl (C=O) groups is 2. The number of benzene rings is 1. The fourth-order valence-electron chi connectivity index (χ4n) is 3.57. The molecule has 0 aliphatic heterocycles. The summed E-state index contributed by atoms with van der Waals surface area (Å²) in [6.45, 7) is 3.74. The van der Waals surface area contributed by atoms with E-state index in [1.54, 1.807) is 50.7 Å². The summed E-state index contributed by atoms with van der Waals surface area (Å²) in [5, 5.41) is 4.18. The minimum Gasteiger partial charge on any atom is -0.454 e. The summed E-state index contributed by atoms with van der Waals surface area (Å²) < 4.78 is 37.7. The molecule has 9 heteroatoms. The zero-order chi connectivity index (χ0) is 22.9. The molecule has 3 rings (SSSR count). The first-order chi connectivity index (χ1) is 14.6. The molecule has 2 heterocycles. The SMILES string of the molecule is Cc1nn(C)c(C)c1C(=O)OCC(=O)c1cc(C)n(-c2ccc(OC(F)F)cc2)c1C. The van der Waals surface area contributed by atoms with E-state index in [2.05, 4.69) is 9.84 Å². The number of esters is 1. The highest BCUT2D eigenvalue weighted by Crippen LogP contribution is 2.24. The van der Waals surface area contributed by atoms with Crippen LogP contribution in [0.2, 0.25) is 0 Å². The third-order valence-electron chi connectivity index (χ3n) is 5.10. The molecule has 0 N–H and O–H groups in total. The van der Waals surface area contributed by atoms with Crippen LogP contribution in [0.3, 0.4) is 0 Å². The Morgan fingerprint density at radius 2 is 1.71 bits per heavy atom. The summed E-state index contributed by atoms with van der Waals surface area (Å²) in [5.74, 6) is -0.894. The van der Waals surface area contributed by atoms with Crippen molar-refractivity contribution in [3.8, 4) is 11.4 Å². The number of aromatic nitrogens is 3. The van der Waals surface area contributed by atoms with Crippen molar-refractivity contribution in [3.05, 3.63) is 64.2 Å². The van der Waals surface area contributed by atoms with Gasteiger partial charge in [-0.05, 0) is 58.0 Å². The summed E-state index contributed by atoms with van der Waals surface area (Å²) in [4.78, 5) is 25.2. The first-order valence-electron chi connectivity index (χ1n) is 9.54. The molecule has 0 unspecified atom stereocenters. The van der Waals surface area contributed by atoms with E-state index in [-0.39, 0.29) is 11.5 Å². The summed E-state index contributed by atoms with van der Waals surface area (Å²) in [6, 6.07) is 7.82. The molecule has 0 atom stereocenters. The van der Waals surface area contributed by atoms with Crippen molar-refractivity contribution >= 4 is 11.8 Å². The highest BCUT2D eigenvalue weighted by Gasteiger charge is 2.22. The average Bonchev–Trinajstić information content (AvgIpc) is 3.14. The summed E-state index contributed by atoms with van der Waals surface area (Å²) in [7, 11) is 1.73. The standard InChI is InChI=1S/C22H23F2N3O4/c1-12-10-18(14(3)27(12)16-6-8-17(9-7-16)31-22(23)24)19(28)11-30-21(29)20-13(2)25-26(5)15(20)4/h6-10,22H,11H2,1-5H3. The first-order valence-corrected chi connectivity index (χ1v) is 9.54. The Labute approximate surface area is 178 Å². The number of ether oxygens (including phenoxy) is 2. The normalized spacial score (nSPS) is 11.1. The second kappa shape index (κ2) is 8.71. The van der Waals surface area contributed by atoms with E-state index in [0.29, 0.717) is 33.9 Å². The Balaban J connectivity index is 1.76. The predicted octanol–water partition coefficient (Wildman–Crippen LogP) is 4.09. The van der Waals surface area contributed by atoms with Crippen molar-refractivity contribution in [2.45, 2.75) is 34.3 Å². The number of hydrogen-bond acceptors (Lipinski definition) is 5. The van der Waals surface area contributed by atoms with Crippen LogP contribution in [-0.2, 0) is 11.8 Å². The van der Waals surface area contributed by atoms with Crippen LogP contribution in [0.5, 0.6) is 5.75 Å². The van der Waals surface area contributed by atoms with Gasteiger partial charge < -0.3 is 14.0 Å². The Morgan fingerprint density at radius 1 is 1.06 bits per heavy atom. The van der Waals surface area contributed by atoms with Gasteiger partial charge in [0.25, 0.3) is 0 Å². The molecule has 0 saturated heterocycles. The van der Waals surface area contributed by atoms with Gasteiger partial charge in [0.2, 0.25) is 5.78 Å². The smallest absolute Gasteiger partial charge is 0.387 e. The lowest BCUT2D eigenvalue weighted by Crippen LogP contribution is -2.16. The van der Waals surface area contributed by atoms with Crippen LogP contribution in [0.15, 0.2) is 30.3 Å². The molecule has 1 aromatic carbocycles. The number of nitrogens with zero attached hydrogens (tertiary/aromatic N) is 3. The lowest BCUT2D eigenvalue weighted by molar-refractivity contribution is -0.0498. The minimum absolute atomic E-state index is 0.0467. The number of hydrogen-bond donors (Lipinski definition) is 0. The molecule has 0 fully saturated rings. The van der Waals surface area contributed by atoms with E-state index in [4.69, 9.17) is 4.74 Å². The zero-order valence-electron chi connectivity index (χ0n) is 17.9. The van der Waals surface area contributed by atoms with Gasteiger partial charge in [0.05, 0.1) is 5.69 Å². The molecule has 0 aliphatic carbocycles. The molecule has 0 spiro atoms. The monoisotopic (exact) mass is 431 g/mol. The largest absolute Gasteiger partial charge is 0.454 e. The molecule has 0 amide bonds. The van der Waals surface area contributed by atoms with Crippen molar-refractivity contribution in [1.82, 2.24) is 14.3 Å². The number of rotatable bonds is 7. The molecule has 2 aromatic heterocycles. The number of halogens is 2. The maximum atomic E-state index is 12.7. The quantitative estimate of drug-likeness (QED) is 0.416. The lowest BCUT2D eigenvalue weighted by Gasteiger charge is -2.11. The van der Waals surface area contributed by atoms with Crippen molar-refractivity contribution < 1.29 is 27.8 Å². The highest BCUT2D eigenvalue weighted by molar-refractivity contribution is 6.01. The third kappa shape index (κ3) is 4.50. The van der Waals surface area contributed by atoms with Gasteiger partial charge >= 0.3 is 12.6 Å². The molecule has 7 nitrogen and oxygen atoms in total. The summed E-state index contributed by atoms with van der Waals surface area (Å²) >= 11 is 0. The molecule has 0 bridgehead atoms. The van der Waals surface area contributed by atoms with Gasteiger partial charge in [0, 0.05) is 35.4 Å². The van der Waals surface area contributed by atoms with Gasteiger partial charge in [-0.3, -0.25) is 9.48 Å². The summed E-state index contributed by atoms with van der Waals surface area (Å²) in [5.41, 5.74) is 4.07. The van der Waals surface area contributed by atoms with Gasteiger partial charge in [-0.2, -0.15) is 13.9 Å². The maximum absolute atomic E-state index is 12.7. The molecule has 3 aromatic rings. The number of ketones is 1. The summed E-state index contributed by atoms with van der Waals surface area (Å²) in [6.07, 6.45) is 0. The first kappa shape index (κ1) is 22.2. The maximum Gasteiger partial charge on any atom is 0.387 e. The fraction of sp³-hybridized carbons (Fsp3) is 0.318. The van der Waals surface area contributed by atoms with E-state index < -0.39 is 19.2 Å². The van der Waals surface area contributed by atoms with Crippen LogP contribution in [0, 0.1) is 27.7 Å². The minimum atomic E-state index is -2.90. The van der Waals surface area contributed by atoms with Gasteiger partial charge in [-0.25, -0.2) is 4.79 Å². The van der Waals surface area contributed by atoms with Crippen LogP contribution >= 0.6 is 0 Å². The molecule has 31 heavy (non-hydrogen) atoms. The van der Waals surface area contributed by atoms with E-state index in [1.165, 1.54) is 12.1 Å². The van der Waals surface area contributed by atoms with Crippen LogP contribution in [0.25, 0.3) is 5.69 Å². The molecular formula is C22H23F2N3O4. The Bertz CT molecular complexity index is 1130. The zero-order valence-corrected chi connectivity index (χ0v) is 17.9. The Morgan fingerprint density at radius 3 is 2.26 bits per heavy atom. The van der Waals surface area contributed by atoms with Crippen molar-refractivity contribution in [2.24, 2.45) is 7.05 Å². The van der Waals surface area contributed by atoms with E-state index in [1.807, 2.05) is 11.5 Å². The van der Waals surface area contributed by atoms with E-state index in [0.717, 1.165) is 5.69 Å². The van der Waals surface area contributed by atoms with Crippen LogP contribution < -0.4 is 4.74 Å². The molecular weight excluding hydrogens is 408 g/mol. The van der Waals surface area contributed by atoms with Crippen LogP contribution in [0.1, 0.15) is 43.5 Å². The van der Waals surface area contributed by atoms with Crippen molar-refractivity contribution in [1.29, 1.82) is 0 Å². The van der Waals surface area contributed by atoms with E-state index in [9.17, 15) is 18.4 Å². The van der Waals surface area contributed by atoms with E-state index >= 15 is 0 Å². The van der Waals surface area contributed by atoms with Gasteiger partial charge in [-0.1, -0.05) is 0 Å². The predicted molar refractivity (Wildman–Crippen MR) is 109 cm³/mol. The number of aryl methyl sites for hydroxylation is 3. The molecule has 164 valence electrons. The van der Waals surface area contributed by atoms with Gasteiger partial charge in [-0.15, -0.1) is 0 Å². The van der Waals surface area contributed by atoms with Crippen molar-refractivity contribution in [3.63, 3.8) is 0 Å². The van der Waals surface area contributed by atoms with Gasteiger partial charge in [0.15, 0.2) is 6.61 Å². The number of carbonyl (C=O) groups excluding carboxylic acids is 2.